The van der Waals surface area contributed by atoms with Crippen LogP contribution in [0, 0.1) is 5.41 Å². The van der Waals surface area contributed by atoms with Crippen molar-refractivity contribution < 1.29 is 4.42 Å². The predicted molar refractivity (Wildman–Crippen MR) is 57.0 cm³/mol. The third-order valence-corrected chi connectivity index (χ3v) is 2.64. The summed E-state index contributed by atoms with van der Waals surface area (Å²) in [4.78, 5) is 4.40. The van der Waals surface area contributed by atoms with Gasteiger partial charge in [-0.3, -0.25) is 5.41 Å². The zero-order valence-corrected chi connectivity index (χ0v) is 8.16. The summed E-state index contributed by atoms with van der Waals surface area (Å²) in [6.45, 7) is 0. The molecular weight excluding hydrogens is 190 g/mol. The zero-order valence-electron chi connectivity index (χ0n) is 8.16. The summed E-state index contributed by atoms with van der Waals surface area (Å²) in [5.74, 6) is 1.39. The van der Waals surface area contributed by atoms with Gasteiger partial charge in [0.2, 0.25) is 0 Å². The number of fused-ring (bicyclic) bond motifs is 1. The Hall–Kier alpha value is -1.84. The maximum Gasteiger partial charge on any atom is 0.198 e. The Balaban J connectivity index is 2.13. The van der Waals surface area contributed by atoms with Gasteiger partial charge < -0.3 is 10.2 Å². The first-order valence-electron chi connectivity index (χ1n) is 4.99. The van der Waals surface area contributed by atoms with Crippen molar-refractivity contribution in [3.8, 4) is 0 Å². The lowest BCUT2D eigenvalue weighted by Gasteiger charge is -1.95. The van der Waals surface area contributed by atoms with Crippen molar-refractivity contribution >= 4 is 16.9 Å². The molecule has 1 heterocycles. The first kappa shape index (κ1) is 8.47. The second-order valence-electron chi connectivity index (χ2n) is 3.92. The van der Waals surface area contributed by atoms with Gasteiger partial charge in [-0.1, -0.05) is 0 Å². The minimum absolute atomic E-state index is 0.0567. The van der Waals surface area contributed by atoms with Crippen molar-refractivity contribution in [3.63, 3.8) is 0 Å². The highest BCUT2D eigenvalue weighted by atomic mass is 16.3. The normalized spacial score (nSPS) is 15.7. The molecule has 0 radical (unpaired) electrons. The molecule has 3 rings (SSSR count). The van der Waals surface area contributed by atoms with Gasteiger partial charge in [0.1, 0.15) is 11.4 Å². The van der Waals surface area contributed by atoms with Gasteiger partial charge in [0.15, 0.2) is 11.5 Å². The lowest BCUT2D eigenvalue weighted by Crippen LogP contribution is -2.10. The van der Waals surface area contributed by atoms with Gasteiger partial charge in [-0.05, 0) is 31.0 Å². The van der Waals surface area contributed by atoms with E-state index in [1.807, 2.05) is 6.07 Å². The minimum Gasteiger partial charge on any atom is -0.440 e. The number of nitrogens with one attached hydrogen (secondary N) is 1. The summed E-state index contributed by atoms with van der Waals surface area (Å²) < 4.78 is 5.62. The van der Waals surface area contributed by atoms with Crippen LogP contribution in [0.4, 0.5) is 0 Å². The fraction of sp³-hybridized carbons (Fsp3) is 0.273. The number of aromatic nitrogens is 1. The van der Waals surface area contributed by atoms with E-state index in [2.05, 4.69) is 4.98 Å². The quantitative estimate of drug-likeness (QED) is 0.576. The molecule has 0 atom stereocenters. The average molecular weight is 201 g/mol. The Labute approximate surface area is 86.6 Å². The van der Waals surface area contributed by atoms with Crippen molar-refractivity contribution in [1.29, 1.82) is 5.41 Å². The topological polar surface area (TPSA) is 75.9 Å². The first-order valence-corrected chi connectivity index (χ1v) is 4.99. The van der Waals surface area contributed by atoms with E-state index in [1.54, 1.807) is 12.1 Å². The monoisotopic (exact) mass is 201 g/mol. The van der Waals surface area contributed by atoms with E-state index < -0.39 is 0 Å². The van der Waals surface area contributed by atoms with Crippen molar-refractivity contribution in [1.82, 2.24) is 4.98 Å². The van der Waals surface area contributed by atoms with Gasteiger partial charge in [0, 0.05) is 11.5 Å². The van der Waals surface area contributed by atoms with Crippen LogP contribution < -0.4 is 5.73 Å². The summed E-state index contributed by atoms with van der Waals surface area (Å²) in [6, 6.07) is 5.42. The predicted octanol–water partition coefficient (Wildman–Crippen LogP) is 1.99. The summed E-state index contributed by atoms with van der Waals surface area (Å²) in [5.41, 5.74) is 7.66. The number of amidine groups is 1. The molecule has 0 saturated heterocycles. The molecular formula is C11H11N3O. The molecule has 0 unspecified atom stereocenters. The molecule has 4 nitrogen and oxygen atoms in total. The first-order chi connectivity index (χ1) is 7.24. The summed E-state index contributed by atoms with van der Waals surface area (Å²) in [5, 5.41) is 7.33. The number of hydrogen-bond acceptors (Lipinski definition) is 3. The Morgan fingerprint density at radius 3 is 2.93 bits per heavy atom. The van der Waals surface area contributed by atoms with Crippen LogP contribution in [-0.2, 0) is 0 Å². The maximum absolute atomic E-state index is 7.33. The lowest BCUT2D eigenvalue weighted by molar-refractivity contribution is 0.533. The molecule has 4 heteroatoms. The highest BCUT2D eigenvalue weighted by molar-refractivity contribution is 5.97. The van der Waals surface area contributed by atoms with Gasteiger partial charge in [0.25, 0.3) is 0 Å². The third kappa shape index (κ3) is 1.38. The maximum atomic E-state index is 7.33. The van der Waals surface area contributed by atoms with Gasteiger partial charge >= 0.3 is 0 Å². The number of rotatable bonds is 2. The van der Waals surface area contributed by atoms with E-state index >= 15 is 0 Å². The zero-order chi connectivity index (χ0) is 10.4. The Kier molecular flexibility index (Phi) is 1.59. The molecule has 1 aliphatic carbocycles. The molecule has 15 heavy (non-hydrogen) atoms. The Bertz CT molecular complexity index is 540. The van der Waals surface area contributed by atoms with Gasteiger partial charge in [0.05, 0.1) is 0 Å². The molecule has 1 saturated carbocycles. The molecule has 76 valence electrons. The molecule has 0 aliphatic heterocycles. The standard InChI is InChI=1S/C11H11N3O/c12-10(13)7-3-4-8-9(5-7)15-11(14-8)6-1-2-6/h3-6H,1-2H2,(H3,12,13). The second kappa shape index (κ2) is 2.82. The molecule has 0 bridgehead atoms. The van der Waals surface area contributed by atoms with Crippen molar-refractivity contribution in [3.05, 3.63) is 29.7 Å². The fourth-order valence-electron chi connectivity index (χ4n) is 1.61. The van der Waals surface area contributed by atoms with Crippen LogP contribution in [0.3, 0.4) is 0 Å². The van der Waals surface area contributed by atoms with Crippen LogP contribution in [0.2, 0.25) is 0 Å². The number of benzene rings is 1. The summed E-state index contributed by atoms with van der Waals surface area (Å²) >= 11 is 0. The smallest absolute Gasteiger partial charge is 0.198 e. The minimum atomic E-state index is 0.0567. The molecule has 1 aromatic carbocycles. The number of oxazole rings is 1. The fourth-order valence-corrected chi connectivity index (χ4v) is 1.61. The molecule has 0 spiro atoms. The van der Waals surface area contributed by atoms with Crippen molar-refractivity contribution in [2.24, 2.45) is 5.73 Å². The van der Waals surface area contributed by atoms with Gasteiger partial charge in [-0.15, -0.1) is 0 Å². The van der Waals surface area contributed by atoms with Gasteiger partial charge in [-0.2, -0.15) is 0 Å². The molecule has 1 fully saturated rings. The second-order valence-corrected chi connectivity index (χ2v) is 3.92. The number of nitrogens with two attached hydrogens (primary N) is 1. The Morgan fingerprint density at radius 1 is 1.47 bits per heavy atom. The van der Waals surface area contributed by atoms with E-state index in [0.29, 0.717) is 11.5 Å². The van der Waals surface area contributed by atoms with E-state index in [0.717, 1.165) is 17.0 Å². The van der Waals surface area contributed by atoms with E-state index in [9.17, 15) is 0 Å². The van der Waals surface area contributed by atoms with Crippen LogP contribution >= 0.6 is 0 Å². The lowest BCUT2D eigenvalue weighted by atomic mass is 10.2. The molecule has 0 amide bonds. The summed E-state index contributed by atoms with van der Waals surface area (Å²) in [7, 11) is 0. The number of nitrogens with zero attached hydrogens (tertiary/aromatic N) is 1. The number of nitrogen functional groups attached to an aromatic ring is 1. The van der Waals surface area contributed by atoms with Crippen molar-refractivity contribution in [2.45, 2.75) is 18.8 Å². The van der Waals surface area contributed by atoms with Gasteiger partial charge in [-0.25, -0.2) is 4.98 Å². The van der Waals surface area contributed by atoms with Crippen LogP contribution in [0.5, 0.6) is 0 Å². The highest BCUT2D eigenvalue weighted by Crippen LogP contribution is 2.40. The van der Waals surface area contributed by atoms with Crippen LogP contribution in [0.15, 0.2) is 22.6 Å². The SMILES string of the molecule is N=C(N)c1ccc2nc(C3CC3)oc2c1. The van der Waals surface area contributed by atoms with Crippen LogP contribution in [0.1, 0.15) is 30.2 Å². The highest BCUT2D eigenvalue weighted by Gasteiger charge is 2.28. The Morgan fingerprint density at radius 2 is 2.27 bits per heavy atom. The molecule has 2 aromatic rings. The van der Waals surface area contributed by atoms with Crippen LogP contribution in [0.25, 0.3) is 11.1 Å². The largest absolute Gasteiger partial charge is 0.440 e. The summed E-state index contributed by atoms with van der Waals surface area (Å²) in [6.07, 6.45) is 2.35. The van der Waals surface area contributed by atoms with Crippen molar-refractivity contribution in [2.75, 3.05) is 0 Å². The van der Waals surface area contributed by atoms with E-state index in [4.69, 9.17) is 15.6 Å². The van der Waals surface area contributed by atoms with E-state index in [1.165, 1.54) is 12.8 Å². The molecule has 1 aliphatic rings. The van der Waals surface area contributed by atoms with Crippen LogP contribution in [-0.4, -0.2) is 10.8 Å². The number of hydrogen-bond donors (Lipinski definition) is 2. The average Bonchev–Trinajstić information content (AvgIpc) is 2.97. The molecule has 3 N–H and O–H groups in total. The third-order valence-electron chi connectivity index (χ3n) is 2.64. The molecule has 1 aromatic heterocycles. The van der Waals surface area contributed by atoms with E-state index in [-0.39, 0.29) is 5.84 Å².